The van der Waals surface area contributed by atoms with E-state index >= 15 is 8.78 Å². The number of aliphatic hydroxyl groups excluding tert-OH is 1. The predicted octanol–water partition coefficient (Wildman–Crippen LogP) is 5.34. The van der Waals surface area contributed by atoms with Crippen LogP contribution in [-0.4, -0.2) is 155 Å². The Balaban J connectivity index is 1.14. The van der Waals surface area contributed by atoms with Crippen LogP contribution in [0.1, 0.15) is 69.3 Å². The number of rotatable bonds is 21. The molecule has 7 rings (SSSR count). The molecule has 4 amide bonds. The first-order valence-electron chi connectivity index (χ1n) is 24.6. The Hall–Kier alpha value is -6.94. The summed E-state index contributed by atoms with van der Waals surface area (Å²) in [6.07, 6.45) is 1.06. The summed E-state index contributed by atoms with van der Waals surface area (Å²) in [6, 6.07) is 8.83. The number of hydrazine groups is 1. The topological polar surface area (TPSA) is 216 Å². The quantitative estimate of drug-likeness (QED) is 0.0354. The number of nitrogens with one attached hydrogen (secondary N) is 4. The van der Waals surface area contributed by atoms with Gasteiger partial charge in [0.15, 0.2) is 0 Å². The highest BCUT2D eigenvalue weighted by Crippen LogP contribution is 2.36. The van der Waals surface area contributed by atoms with Gasteiger partial charge in [0, 0.05) is 83.7 Å². The average Bonchev–Trinajstić information content (AvgIpc) is 3.96. The molecule has 0 aliphatic carbocycles. The van der Waals surface area contributed by atoms with Gasteiger partial charge in [-0.15, -0.1) is 0 Å². The van der Waals surface area contributed by atoms with Crippen molar-refractivity contribution in [2.24, 2.45) is 10.8 Å². The van der Waals surface area contributed by atoms with Crippen molar-refractivity contribution in [2.75, 3.05) is 58.2 Å². The van der Waals surface area contributed by atoms with Gasteiger partial charge in [-0.3, -0.25) is 28.7 Å². The van der Waals surface area contributed by atoms with Gasteiger partial charge in [0.2, 0.25) is 5.91 Å². The summed E-state index contributed by atoms with van der Waals surface area (Å²) in [5.74, 6) is 2.45. The van der Waals surface area contributed by atoms with E-state index in [1.54, 1.807) is 30.5 Å². The highest BCUT2D eigenvalue weighted by molar-refractivity contribution is 5.87. The number of benzene rings is 2. The highest BCUT2D eigenvalue weighted by atomic mass is 19.3. The molecule has 2 aromatic heterocycles. The molecule has 24 heteroatoms. The minimum atomic E-state index is -3.04. The molecule has 76 heavy (non-hydrogen) atoms. The number of ether oxygens (including phenoxy) is 2. The molecule has 3 saturated heterocycles. The van der Waals surface area contributed by atoms with Crippen molar-refractivity contribution < 1.29 is 65.2 Å². The smallest absolute Gasteiger partial charge is 0.407 e. The van der Waals surface area contributed by atoms with Crippen LogP contribution in [0.4, 0.5) is 41.7 Å². The third-order valence-corrected chi connectivity index (χ3v) is 14.0. The Kier molecular flexibility index (Phi) is 18.2. The zero-order chi connectivity index (χ0) is 55.1. The fraction of sp³-hybridized carbons (Fsp3) is 0.500. The van der Waals surface area contributed by atoms with Crippen molar-refractivity contribution in [1.82, 2.24) is 46.0 Å². The second-order valence-electron chi connectivity index (χ2n) is 20.6. The molecule has 3 fully saturated rings. The van der Waals surface area contributed by atoms with Crippen LogP contribution in [0.25, 0.3) is 11.1 Å². The monoisotopic (exact) mass is 1070 g/mol. The fourth-order valence-electron chi connectivity index (χ4n) is 9.55. The van der Waals surface area contributed by atoms with Crippen molar-refractivity contribution >= 4 is 29.8 Å². The number of alkyl halides is 4. The van der Waals surface area contributed by atoms with Gasteiger partial charge in [-0.2, -0.15) is 13.9 Å². The number of pyridine rings is 1. The van der Waals surface area contributed by atoms with E-state index in [-0.39, 0.29) is 22.2 Å². The second-order valence-corrected chi connectivity index (χ2v) is 20.6. The van der Waals surface area contributed by atoms with E-state index in [9.17, 15) is 47.0 Å². The maximum absolute atomic E-state index is 16.0. The number of methoxy groups -OCH3 is 1. The molecular formula is C52H62F6N10O8. The number of fused-ring (bicyclic) bond motifs is 2. The van der Waals surface area contributed by atoms with E-state index < -0.39 is 109 Å². The number of hydrogen-bond acceptors (Lipinski definition) is 12. The summed E-state index contributed by atoms with van der Waals surface area (Å²) in [5, 5.41) is 32.9. The van der Waals surface area contributed by atoms with E-state index in [1.807, 2.05) is 17.4 Å². The normalized spacial score (nSPS) is 18.5. The summed E-state index contributed by atoms with van der Waals surface area (Å²) >= 11 is 0. The Morgan fingerprint density at radius 1 is 0.842 bits per heavy atom. The molecule has 2 bridgehead atoms. The lowest BCUT2D eigenvalue weighted by molar-refractivity contribution is -0.133. The van der Waals surface area contributed by atoms with Crippen LogP contribution in [-0.2, 0) is 32.0 Å². The molecule has 4 aromatic rings. The molecule has 6 atom stereocenters. The van der Waals surface area contributed by atoms with E-state index in [0.29, 0.717) is 34.8 Å². The lowest BCUT2D eigenvalue weighted by atomic mass is 9.84. The van der Waals surface area contributed by atoms with Gasteiger partial charge in [0.1, 0.15) is 29.5 Å². The average molecular weight is 1070 g/mol. The third kappa shape index (κ3) is 13.7. The molecule has 410 valence electrons. The molecule has 6 N–H and O–H groups in total. The standard InChI is InChI=1S/C52H62F6N10O8/c1-51(2,28-53)44(63-50(74)75-5)46(70)61-41(16-31-9-6-30(7-10-31)8-11-32-12-15-43(59-19-32)65-22-35-13-14-36(23-65)68(35)37-26-76-27-37)42(69)25-66(64-47(71)45(62-49(72)73)52(3,4)29-54)24-38-39(55)17-33(18-40(38)56)34-20-60-67(21-34)48(57)58/h6-7,9-10,12,15,17-21,35-37,41-42,44-45,48,62,69H,13-14,16,22-29H2,1-5H3,(H,61,70)(H,63,74)(H,64,71)(H,72,73)/t35?,36?,41-,42-,44+,45+/m0/s1. The third-order valence-electron chi connectivity index (χ3n) is 14.0. The van der Waals surface area contributed by atoms with E-state index in [4.69, 9.17) is 9.72 Å². The summed E-state index contributed by atoms with van der Waals surface area (Å²) in [7, 11) is 1.03. The largest absolute Gasteiger partial charge is 0.465 e. The lowest BCUT2D eigenvalue weighted by Gasteiger charge is -2.47. The van der Waals surface area contributed by atoms with Crippen molar-refractivity contribution in [1.29, 1.82) is 0 Å². The molecule has 2 unspecified atom stereocenters. The van der Waals surface area contributed by atoms with Crippen LogP contribution in [0.3, 0.4) is 0 Å². The number of nitrogens with zero attached hydrogens (tertiary/aromatic N) is 6. The maximum atomic E-state index is 16.0. The summed E-state index contributed by atoms with van der Waals surface area (Å²) < 4.78 is 97.7. The lowest BCUT2D eigenvalue weighted by Crippen LogP contribution is -2.62. The Labute approximate surface area is 435 Å². The van der Waals surface area contributed by atoms with Crippen molar-refractivity contribution in [3.8, 4) is 23.0 Å². The number of aromatic nitrogens is 3. The van der Waals surface area contributed by atoms with Crippen molar-refractivity contribution in [2.45, 2.75) is 102 Å². The molecule has 2 aromatic carbocycles. The number of carbonyl (C=O) groups excluding carboxylic acids is 3. The first kappa shape index (κ1) is 56.8. The predicted molar refractivity (Wildman–Crippen MR) is 265 cm³/mol. The molecule has 0 saturated carbocycles. The fourth-order valence-corrected chi connectivity index (χ4v) is 9.55. The molecule has 3 aliphatic rings. The zero-order valence-electron chi connectivity index (χ0n) is 42.5. The van der Waals surface area contributed by atoms with E-state index in [1.165, 1.54) is 27.7 Å². The van der Waals surface area contributed by atoms with Crippen LogP contribution in [0, 0.1) is 34.3 Å². The van der Waals surface area contributed by atoms with Gasteiger partial charge < -0.3 is 40.5 Å². The number of piperazine rings is 1. The van der Waals surface area contributed by atoms with Gasteiger partial charge in [-0.05, 0) is 66.8 Å². The van der Waals surface area contributed by atoms with Crippen LogP contribution in [0.15, 0.2) is 67.1 Å². The zero-order valence-corrected chi connectivity index (χ0v) is 42.5. The first-order valence-corrected chi connectivity index (χ1v) is 24.6. The van der Waals surface area contributed by atoms with Gasteiger partial charge in [-0.25, -0.2) is 33.0 Å². The van der Waals surface area contributed by atoms with E-state index in [2.05, 4.69) is 47.5 Å². The Morgan fingerprint density at radius 2 is 1.45 bits per heavy atom. The number of amides is 4. The van der Waals surface area contributed by atoms with Crippen molar-refractivity contribution in [3.63, 3.8) is 0 Å². The number of carbonyl (C=O) groups is 4. The number of hydrogen-bond donors (Lipinski definition) is 6. The van der Waals surface area contributed by atoms with Gasteiger partial charge >= 0.3 is 18.7 Å². The summed E-state index contributed by atoms with van der Waals surface area (Å²) in [4.78, 5) is 61.9. The molecule has 3 aliphatic heterocycles. The second kappa shape index (κ2) is 24.4. The Morgan fingerprint density at radius 3 is 1.97 bits per heavy atom. The molecule has 18 nitrogen and oxygen atoms in total. The highest BCUT2D eigenvalue weighted by Gasteiger charge is 2.46. The van der Waals surface area contributed by atoms with Crippen molar-refractivity contribution in [3.05, 3.63) is 101 Å². The van der Waals surface area contributed by atoms with Crippen LogP contribution >= 0.6 is 0 Å². The number of aliphatic hydroxyl groups is 1. The summed E-state index contributed by atoms with van der Waals surface area (Å²) in [5.41, 5.74) is -0.103. The minimum Gasteiger partial charge on any atom is -0.465 e. The number of alkyl carbamates (subject to hydrolysis) is 1. The van der Waals surface area contributed by atoms with Crippen LogP contribution < -0.4 is 26.3 Å². The van der Waals surface area contributed by atoms with Crippen LogP contribution in [0.2, 0.25) is 0 Å². The maximum Gasteiger partial charge on any atom is 0.407 e. The molecule has 0 spiro atoms. The minimum absolute atomic E-state index is 0.0649. The van der Waals surface area contributed by atoms with Gasteiger partial charge in [-0.1, -0.05) is 51.7 Å². The number of carboxylic acid groups (broad SMARTS) is 1. The van der Waals surface area contributed by atoms with E-state index in [0.717, 1.165) is 81.6 Å². The number of anilines is 1. The Bertz CT molecular complexity index is 2720. The first-order chi connectivity index (χ1) is 36.1. The number of halogens is 6. The van der Waals surface area contributed by atoms with Gasteiger partial charge in [0.25, 0.3) is 5.91 Å². The van der Waals surface area contributed by atoms with Gasteiger partial charge in [0.05, 0.1) is 58.1 Å². The molecule has 5 heterocycles. The molecular weight excluding hydrogens is 1010 g/mol. The van der Waals surface area contributed by atoms with Crippen LogP contribution in [0.5, 0.6) is 0 Å². The SMILES string of the molecule is COC(=O)N[C@H](C(=O)N[C@@H](Cc1ccc(C#Cc2ccc(N3CC4CCC(C3)N4C3COC3)nc2)cc1)[C@@H](O)CN(Cc1c(F)cc(-c2cnn(C(F)F)c2)cc1F)NC(=O)[C@@H](NC(=O)O)C(C)(C)CF)C(C)(C)CF. The summed E-state index contributed by atoms with van der Waals surface area (Å²) in [6.45, 7) is 1.52. The molecule has 0 radical (unpaired) electrons.